The van der Waals surface area contributed by atoms with E-state index in [1.54, 1.807) is 22.6 Å². The zero-order valence-corrected chi connectivity index (χ0v) is 8.06. The van der Waals surface area contributed by atoms with Crippen molar-refractivity contribution in [3.05, 3.63) is 27.1 Å². The third kappa shape index (κ3) is 2.09. The number of hydrogen-bond donors (Lipinski definition) is 0. The molecule has 1 aromatic heterocycles. The van der Waals surface area contributed by atoms with Gasteiger partial charge >= 0.3 is 0 Å². The van der Waals surface area contributed by atoms with Crippen LogP contribution in [0.15, 0.2) is 12.1 Å². The van der Waals surface area contributed by atoms with E-state index in [1.165, 1.54) is 6.07 Å². The molecule has 1 nitrogen and oxygen atoms in total. The van der Waals surface area contributed by atoms with Gasteiger partial charge in [0.05, 0.1) is 0 Å². The Bertz CT molecular complexity index is 277. The monoisotopic (exact) mass is 287 g/mol. The minimum absolute atomic E-state index is 0.299. The van der Waals surface area contributed by atoms with E-state index < -0.39 is 13.1 Å². The predicted octanol–water partition coefficient (Wildman–Crippen LogP) is 3.09. The van der Waals surface area contributed by atoms with E-state index in [0.717, 1.165) is 6.07 Å². The molecule has 0 atom stereocenters. The Labute approximate surface area is 81.1 Å². The standard InChI is InChI=1S/C7H5F3IN/c8-3-4-1-2-5(6(9)10)12-7(4)11/h1-2,6H,3H2. The number of aromatic nitrogens is 1. The van der Waals surface area contributed by atoms with Crippen LogP contribution in [0.4, 0.5) is 13.2 Å². The number of hydrogen-bond acceptors (Lipinski definition) is 1. The molecule has 0 aromatic carbocycles. The lowest BCUT2D eigenvalue weighted by Crippen LogP contribution is -1.95. The maximum Gasteiger partial charge on any atom is 0.280 e. The number of rotatable bonds is 2. The van der Waals surface area contributed by atoms with Gasteiger partial charge in [-0.15, -0.1) is 0 Å². The molecule has 5 heteroatoms. The summed E-state index contributed by atoms with van der Waals surface area (Å²) in [6.45, 7) is -0.672. The number of pyridine rings is 1. The summed E-state index contributed by atoms with van der Waals surface area (Å²) in [6.07, 6.45) is -2.59. The third-order valence-electron chi connectivity index (χ3n) is 1.32. The molecular formula is C7H5F3IN. The molecular weight excluding hydrogens is 282 g/mol. The molecule has 0 bridgehead atoms. The van der Waals surface area contributed by atoms with Gasteiger partial charge < -0.3 is 0 Å². The van der Waals surface area contributed by atoms with Gasteiger partial charge in [0.2, 0.25) is 0 Å². The Kier molecular flexibility index (Phi) is 3.30. The first-order chi connectivity index (χ1) is 5.65. The average molecular weight is 287 g/mol. The molecule has 1 rings (SSSR count). The van der Waals surface area contributed by atoms with Crippen LogP contribution in [0, 0.1) is 3.70 Å². The Hall–Kier alpha value is -0.330. The van der Waals surface area contributed by atoms with E-state index in [9.17, 15) is 13.2 Å². The summed E-state index contributed by atoms with van der Waals surface area (Å²) in [5.41, 5.74) is 0.0385. The van der Waals surface area contributed by atoms with Gasteiger partial charge in [-0.3, -0.25) is 0 Å². The van der Waals surface area contributed by atoms with Gasteiger partial charge in [-0.25, -0.2) is 18.2 Å². The van der Waals surface area contributed by atoms with Crippen LogP contribution in [0.2, 0.25) is 0 Å². The van der Waals surface area contributed by atoms with Crippen molar-refractivity contribution in [2.75, 3.05) is 0 Å². The highest BCUT2D eigenvalue weighted by molar-refractivity contribution is 14.1. The van der Waals surface area contributed by atoms with E-state index in [4.69, 9.17) is 0 Å². The minimum Gasteiger partial charge on any atom is -0.246 e. The average Bonchev–Trinajstić information content (AvgIpc) is 2.04. The number of alkyl halides is 3. The maximum atomic E-state index is 12.1. The molecule has 0 amide bonds. The fourth-order valence-electron chi connectivity index (χ4n) is 0.698. The molecule has 0 spiro atoms. The van der Waals surface area contributed by atoms with Crippen LogP contribution in [0.25, 0.3) is 0 Å². The van der Waals surface area contributed by atoms with Crippen molar-refractivity contribution in [2.24, 2.45) is 0 Å². The normalized spacial score (nSPS) is 10.8. The van der Waals surface area contributed by atoms with Crippen LogP contribution < -0.4 is 0 Å². The second kappa shape index (κ2) is 4.06. The van der Waals surface area contributed by atoms with Crippen LogP contribution in [-0.4, -0.2) is 4.98 Å². The molecule has 0 radical (unpaired) electrons. The Morgan fingerprint density at radius 3 is 2.50 bits per heavy atom. The Balaban J connectivity index is 3.02. The van der Waals surface area contributed by atoms with Crippen molar-refractivity contribution in [3.8, 4) is 0 Å². The molecule has 1 aromatic rings. The van der Waals surface area contributed by atoms with Gasteiger partial charge in [-0.2, -0.15) is 0 Å². The van der Waals surface area contributed by atoms with Crippen molar-refractivity contribution >= 4 is 22.6 Å². The SMILES string of the molecule is FCc1ccc(C(F)F)nc1I. The molecule has 0 aliphatic rings. The van der Waals surface area contributed by atoms with Crippen molar-refractivity contribution in [2.45, 2.75) is 13.1 Å². The van der Waals surface area contributed by atoms with Crippen LogP contribution in [0.3, 0.4) is 0 Å². The van der Waals surface area contributed by atoms with Gasteiger partial charge in [-0.05, 0) is 28.7 Å². The molecule has 0 N–H and O–H groups in total. The van der Waals surface area contributed by atoms with E-state index in [1.807, 2.05) is 0 Å². The van der Waals surface area contributed by atoms with Gasteiger partial charge in [0.15, 0.2) is 0 Å². The van der Waals surface area contributed by atoms with Crippen molar-refractivity contribution in [1.82, 2.24) is 4.98 Å². The summed E-state index contributed by atoms with van der Waals surface area (Å²) in [4.78, 5) is 3.54. The van der Waals surface area contributed by atoms with Crippen molar-refractivity contribution < 1.29 is 13.2 Å². The summed E-state index contributed by atoms with van der Waals surface area (Å²) in [6, 6.07) is 2.47. The highest BCUT2D eigenvalue weighted by Gasteiger charge is 2.10. The molecule has 0 aliphatic carbocycles. The van der Waals surface area contributed by atoms with Gasteiger partial charge in [0.1, 0.15) is 16.1 Å². The van der Waals surface area contributed by atoms with E-state index in [0.29, 0.717) is 9.26 Å². The van der Waals surface area contributed by atoms with E-state index in [-0.39, 0.29) is 5.69 Å². The second-order valence-electron chi connectivity index (χ2n) is 2.12. The fourth-order valence-corrected chi connectivity index (χ4v) is 1.30. The minimum atomic E-state index is -2.59. The lowest BCUT2D eigenvalue weighted by Gasteiger charge is -2.01. The van der Waals surface area contributed by atoms with Crippen LogP contribution in [-0.2, 0) is 6.67 Å². The molecule has 0 saturated carbocycles. The van der Waals surface area contributed by atoms with E-state index in [2.05, 4.69) is 4.98 Å². The highest BCUT2D eigenvalue weighted by Crippen LogP contribution is 2.19. The number of halogens is 4. The first-order valence-corrected chi connectivity index (χ1v) is 4.22. The molecule has 0 fully saturated rings. The Morgan fingerprint density at radius 1 is 1.42 bits per heavy atom. The first-order valence-electron chi connectivity index (χ1n) is 3.14. The predicted molar refractivity (Wildman–Crippen MR) is 46.7 cm³/mol. The fraction of sp³-hybridized carbons (Fsp3) is 0.286. The highest BCUT2D eigenvalue weighted by atomic mass is 127. The molecule has 1 heterocycles. The smallest absolute Gasteiger partial charge is 0.246 e. The molecule has 0 aliphatic heterocycles. The van der Waals surface area contributed by atoms with Gasteiger partial charge in [0.25, 0.3) is 6.43 Å². The summed E-state index contributed by atoms with van der Waals surface area (Å²) in [5.74, 6) is 0. The quantitative estimate of drug-likeness (QED) is 0.601. The van der Waals surface area contributed by atoms with Gasteiger partial charge in [-0.1, -0.05) is 6.07 Å². The van der Waals surface area contributed by atoms with Crippen molar-refractivity contribution in [3.63, 3.8) is 0 Å². The molecule has 0 unspecified atom stereocenters. The number of nitrogens with zero attached hydrogens (tertiary/aromatic N) is 1. The Morgan fingerprint density at radius 2 is 2.08 bits per heavy atom. The lowest BCUT2D eigenvalue weighted by atomic mass is 10.3. The molecule has 66 valence electrons. The summed E-state index contributed by atoms with van der Waals surface area (Å²) in [5, 5.41) is 0. The van der Waals surface area contributed by atoms with E-state index >= 15 is 0 Å². The van der Waals surface area contributed by atoms with Crippen LogP contribution in [0.1, 0.15) is 17.7 Å². The third-order valence-corrected chi connectivity index (χ3v) is 2.25. The van der Waals surface area contributed by atoms with Gasteiger partial charge in [0, 0.05) is 5.56 Å². The largest absolute Gasteiger partial charge is 0.280 e. The summed E-state index contributed by atoms with van der Waals surface area (Å²) < 4.78 is 36.4. The molecule has 12 heavy (non-hydrogen) atoms. The zero-order valence-electron chi connectivity index (χ0n) is 5.90. The first kappa shape index (κ1) is 9.76. The zero-order chi connectivity index (χ0) is 9.14. The second-order valence-corrected chi connectivity index (χ2v) is 3.14. The van der Waals surface area contributed by atoms with Crippen molar-refractivity contribution in [1.29, 1.82) is 0 Å². The molecule has 0 saturated heterocycles. The maximum absolute atomic E-state index is 12.1. The summed E-state index contributed by atoms with van der Waals surface area (Å²) in [7, 11) is 0. The lowest BCUT2D eigenvalue weighted by molar-refractivity contribution is 0.146. The topological polar surface area (TPSA) is 12.9 Å². The summed E-state index contributed by atoms with van der Waals surface area (Å²) >= 11 is 1.73. The van der Waals surface area contributed by atoms with Crippen LogP contribution >= 0.6 is 22.6 Å². The van der Waals surface area contributed by atoms with Crippen LogP contribution in [0.5, 0.6) is 0 Å².